The van der Waals surface area contributed by atoms with Crippen LogP contribution in [0.25, 0.3) is 53.5 Å². The molecule has 0 unspecified atom stereocenters. The maximum absolute atomic E-state index is 5.00. The molecule has 0 atom stereocenters. The summed E-state index contributed by atoms with van der Waals surface area (Å²) in [5.74, 6) is 1.83. The molecule has 0 radical (unpaired) electrons. The van der Waals surface area contributed by atoms with Gasteiger partial charge in [0.2, 0.25) is 0 Å². The highest BCUT2D eigenvalue weighted by molar-refractivity contribution is 7.22. The molecule has 4 nitrogen and oxygen atoms in total. The van der Waals surface area contributed by atoms with Crippen molar-refractivity contribution in [3.63, 3.8) is 0 Å². The van der Waals surface area contributed by atoms with E-state index in [1.54, 1.807) is 0 Å². The van der Waals surface area contributed by atoms with E-state index in [0.717, 1.165) is 41.3 Å². The number of imidazole rings is 1. The fourth-order valence-electron chi connectivity index (χ4n) is 5.97. The Bertz CT molecular complexity index is 1970. The number of allylic oxidation sites excluding steroid dienone is 1. The van der Waals surface area contributed by atoms with Crippen LogP contribution in [0.5, 0.6) is 0 Å². The van der Waals surface area contributed by atoms with Gasteiger partial charge in [-0.1, -0.05) is 64.6 Å². The van der Waals surface area contributed by atoms with Crippen LogP contribution in [0.4, 0.5) is 5.69 Å². The summed E-state index contributed by atoms with van der Waals surface area (Å²) < 4.78 is 1.38. The first-order valence-corrected chi connectivity index (χ1v) is 15.0. The van der Waals surface area contributed by atoms with Crippen LogP contribution in [0.3, 0.4) is 0 Å². The molecule has 7 rings (SSSR count). The lowest BCUT2D eigenvalue weighted by molar-refractivity contribution is 0.778. The largest absolute Gasteiger partial charge is 0.358 e. The molecule has 1 aliphatic carbocycles. The minimum Gasteiger partial charge on any atom is -0.358 e. The van der Waals surface area contributed by atoms with Crippen LogP contribution in [-0.2, 0) is 12.8 Å². The van der Waals surface area contributed by atoms with E-state index >= 15 is 0 Å². The number of aryl methyl sites for hydroxylation is 3. The second kappa shape index (κ2) is 9.31. The maximum Gasteiger partial charge on any atom is 0.109 e. The van der Waals surface area contributed by atoms with Crippen LogP contribution in [0.1, 0.15) is 56.3 Å². The zero-order chi connectivity index (χ0) is 27.7. The molecule has 200 valence electrons. The van der Waals surface area contributed by atoms with Gasteiger partial charge in [-0.15, -0.1) is 11.3 Å². The highest BCUT2D eigenvalue weighted by Gasteiger charge is 2.24. The van der Waals surface area contributed by atoms with Crippen molar-refractivity contribution in [3.8, 4) is 21.7 Å². The molecule has 0 spiro atoms. The molecular formula is C35H34N4S. The Labute approximate surface area is 239 Å². The molecule has 2 N–H and O–H groups in total. The standard InChI is InChI=1S/C35H34N4S/c1-18(2)21(6)37-31-20(5)24-8-7-15-36-32(24)28-16-22(9-11-26(28)31)30-17-23-10-12-25-27(34(23)40-30)13-14-29-33(25)39-35(38-29)19(3)4/h7-12,15-19,37H,6,13-14H2,1-5H3,(H,38,39). The summed E-state index contributed by atoms with van der Waals surface area (Å²) >= 11 is 1.90. The monoisotopic (exact) mass is 542 g/mol. The average molecular weight is 543 g/mol. The first kappa shape index (κ1) is 25.0. The Balaban J connectivity index is 1.38. The van der Waals surface area contributed by atoms with Gasteiger partial charge in [0.15, 0.2) is 0 Å². The second-order valence-corrected chi connectivity index (χ2v) is 12.7. The van der Waals surface area contributed by atoms with Crippen LogP contribution in [0.2, 0.25) is 0 Å². The smallest absolute Gasteiger partial charge is 0.109 e. The number of hydrogen-bond acceptors (Lipinski definition) is 4. The summed E-state index contributed by atoms with van der Waals surface area (Å²) in [5, 5.41) is 8.48. The van der Waals surface area contributed by atoms with Gasteiger partial charge < -0.3 is 10.3 Å². The molecule has 0 saturated carbocycles. The van der Waals surface area contributed by atoms with E-state index in [1.807, 2.05) is 23.6 Å². The first-order valence-electron chi connectivity index (χ1n) is 14.2. The predicted molar refractivity (Wildman–Crippen MR) is 171 cm³/mol. The highest BCUT2D eigenvalue weighted by Crippen LogP contribution is 2.44. The van der Waals surface area contributed by atoms with E-state index in [1.165, 1.54) is 59.1 Å². The van der Waals surface area contributed by atoms with Gasteiger partial charge >= 0.3 is 0 Å². The van der Waals surface area contributed by atoms with Gasteiger partial charge in [0, 0.05) is 60.5 Å². The number of rotatable bonds is 5. The van der Waals surface area contributed by atoms with Gasteiger partial charge in [-0.25, -0.2) is 4.98 Å². The third-order valence-electron chi connectivity index (χ3n) is 8.41. The summed E-state index contributed by atoms with van der Waals surface area (Å²) in [5.41, 5.74) is 10.8. The molecule has 0 saturated heterocycles. The van der Waals surface area contributed by atoms with Crippen LogP contribution in [0, 0.1) is 12.8 Å². The molecule has 3 heterocycles. The molecular weight excluding hydrogens is 508 g/mol. The van der Waals surface area contributed by atoms with Crippen LogP contribution >= 0.6 is 11.3 Å². The summed E-state index contributed by atoms with van der Waals surface area (Å²) in [6.45, 7) is 15.2. The van der Waals surface area contributed by atoms with Crippen molar-refractivity contribution < 1.29 is 0 Å². The number of thiophene rings is 1. The zero-order valence-corrected chi connectivity index (χ0v) is 24.6. The number of benzene rings is 3. The van der Waals surface area contributed by atoms with Crippen molar-refractivity contribution in [3.05, 3.63) is 89.6 Å². The fourth-order valence-corrected chi connectivity index (χ4v) is 7.20. The Kier molecular flexibility index (Phi) is 5.83. The average Bonchev–Trinajstić information content (AvgIpc) is 3.60. The van der Waals surface area contributed by atoms with Crippen molar-refractivity contribution >= 4 is 48.8 Å². The summed E-state index contributed by atoms with van der Waals surface area (Å²) in [6.07, 6.45) is 3.95. The number of hydrogen-bond donors (Lipinski definition) is 2. The molecule has 1 aliphatic rings. The lowest BCUT2D eigenvalue weighted by atomic mass is 9.91. The quantitative estimate of drug-likeness (QED) is 0.213. The minimum atomic E-state index is 0.345. The number of aromatic amines is 1. The van der Waals surface area contributed by atoms with Gasteiger partial charge in [0.1, 0.15) is 5.82 Å². The summed E-state index contributed by atoms with van der Waals surface area (Å²) in [4.78, 5) is 14.7. The van der Waals surface area contributed by atoms with Crippen LogP contribution < -0.4 is 5.32 Å². The molecule has 3 aromatic heterocycles. The fraction of sp³-hybridized carbons (Fsp3) is 0.257. The van der Waals surface area contributed by atoms with Crippen molar-refractivity contribution in [2.45, 2.75) is 53.4 Å². The van der Waals surface area contributed by atoms with Crippen molar-refractivity contribution in [1.29, 1.82) is 0 Å². The van der Waals surface area contributed by atoms with Crippen molar-refractivity contribution in [1.82, 2.24) is 15.0 Å². The predicted octanol–water partition coefficient (Wildman–Crippen LogP) is 9.77. The molecule has 6 aromatic rings. The van der Waals surface area contributed by atoms with E-state index in [2.05, 4.69) is 94.0 Å². The maximum atomic E-state index is 5.00. The number of anilines is 1. The molecule has 3 aromatic carbocycles. The van der Waals surface area contributed by atoms with Gasteiger partial charge in [0.25, 0.3) is 0 Å². The molecule has 0 bridgehead atoms. The first-order chi connectivity index (χ1) is 19.3. The summed E-state index contributed by atoms with van der Waals surface area (Å²) in [6, 6.07) is 17.9. The number of nitrogens with zero attached hydrogens (tertiary/aromatic N) is 2. The highest BCUT2D eigenvalue weighted by atomic mass is 32.1. The second-order valence-electron chi connectivity index (χ2n) is 11.7. The Hall–Kier alpha value is -3.96. The number of pyridine rings is 1. The number of nitrogens with one attached hydrogen (secondary N) is 2. The lowest BCUT2D eigenvalue weighted by Crippen LogP contribution is -2.06. The molecule has 0 aliphatic heterocycles. The van der Waals surface area contributed by atoms with E-state index in [9.17, 15) is 0 Å². The number of fused-ring (bicyclic) bond motifs is 8. The Morgan fingerprint density at radius 1 is 1.00 bits per heavy atom. The van der Waals surface area contributed by atoms with E-state index < -0.39 is 0 Å². The van der Waals surface area contributed by atoms with E-state index in [0.29, 0.717) is 11.8 Å². The normalized spacial score (nSPS) is 13.0. The van der Waals surface area contributed by atoms with Gasteiger partial charge in [-0.2, -0.15) is 0 Å². The van der Waals surface area contributed by atoms with Gasteiger partial charge in [-0.05, 0) is 66.0 Å². The Morgan fingerprint density at radius 2 is 1.85 bits per heavy atom. The number of H-pyrrole nitrogens is 1. The SMILES string of the molecule is C=C(Nc1c(C)c2cccnc2c2cc(-c3cc4ccc5c(c4s3)CCc3[nH]c(C(C)C)nc3-5)ccc12)C(C)C. The third-order valence-corrected chi connectivity index (χ3v) is 9.67. The van der Waals surface area contributed by atoms with Crippen LogP contribution in [0.15, 0.2) is 67.0 Å². The molecule has 5 heteroatoms. The van der Waals surface area contributed by atoms with Crippen molar-refractivity contribution in [2.24, 2.45) is 5.92 Å². The third kappa shape index (κ3) is 3.87. The molecule has 40 heavy (non-hydrogen) atoms. The van der Waals surface area contributed by atoms with Gasteiger partial charge in [0.05, 0.1) is 11.2 Å². The van der Waals surface area contributed by atoms with Gasteiger partial charge in [-0.3, -0.25) is 4.98 Å². The Morgan fingerprint density at radius 3 is 2.65 bits per heavy atom. The lowest BCUT2D eigenvalue weighted by Gasteiger charge is -2.19. The number of aromatic nitrogens is 3. The van der Waals surface area contributed by atoms with Crippen LogP contribution in [-0.4, -0.2) is 15.0 Å². The minimum absolute atomic E-state index is 0.345. The molecule has 0 fully saturated rings. The molecule has 0 amide bonds. The van der Waals surface area contributed by atoms with Crippen molar-refractivity contribution in [2.75, 3.05) is 5.32 Å². The summed E-state index contributed by atoms with van der Waals surface area (Å²) in [7, 11) is 0. The van der Waals surface area contributed by atoms with E-state index in [4.69, 9.17) is 9.97 Å². The van der Waals surface area contributed by atoms with E-state index in [-0.39, 0.29) is 0 Å². The zero-order valence-electron chi connectivity index (χ0n) is 23.8. The topological polar surface area (TPSA) is 53.6 Å².